The van der Waals surface area contributed by atoms with Crippen LogP contribution in [0.2, 0.25) is 0 Å². The van der Waals surface area contributed by atoms with Crippen LogP contribution >= 0.6 is 11.8 Å². The molecule has 1 amide bonds. The number of likely N-dealkylation sites (N-methyl/N-ethyl adjacent to an activating group) is 1. The van der Waals surface area contributed by atoms with Gasteiger partial charge in [0.15, 0.2) is 5.16 Å². The molecule has 0 N–H and O–H groups in total. The number of carbonyl (C=O) groups is 1. The highest BCUT2D eigenvalue weighted by Crippen LogP contribution is 2.25. The lowest BCUT2D eigenvalue weighted by Gasteiger charge is -2.34. The molecule has 2 heterocycles. The smallest absolute Gasteiger partial charge is 0.222 e. The van der Waals surface area contributed by atoms with Crippen LogP contribution in [0.25, 0.3) is 5.69 Å². The summed E-state index contributed by atoms with van der Waals surface area (Å²) in [7, 11) is 0. The third-order valence-electron chi connectivity index (χ3n) is 6.14. The molecule has 174 valence electrons. The zero-order chi connectivity index (χ0) is 23.0. The van der Waals surface area contributed by atoms with E-state index in [1.807, 2.05) is 11.0 Å². The van der Waals surface area contributed by atoms with E-state index in [-0.39, 0.29) is 5.91 Å². The van der Waals surface area contributed by atoms with Crippen molar-refractivity contribution in [3.05, 3.63) is 71.5 Å². The molecule has 0 bridgehead atoms. The molecule has 0 spiro atoms. The molecule has 4 rings (SSSR count). The number of rotatable bonds is 9. The minimum atomic E-state index is 0.274. The lowest BCUT2D eigenvalue weighted by Crippen LogP contribution is -2.48. The van der Waals surface area contributed by atoms with Gasteiger partial charge in [0.1, 0.15) is 5.82 Å². The third-order valence-corrected chi connectivity index (χ3v) is 7.15. The highest BCUT2D eigenvalue weighted by Gasteiger charge is 2.20. The number of benzene rings is 2. The van der Waals surface area contributed by atoms with E-state index in [0.717, 1.165) is 68.0 Å². The van der Waals surface area contributed by atoms with Crippen molar-refractivity contribution < 1.29 is 4.79 Å². The summed E-state index contributed by atoms with van der Waals surface area (Å²) < 4.78 is 2.16. The quantitative estimate of drug-likeness (QED) is 0.352. The monoisotopic (exact) mass is 463 g/mol. The number of amides is 1. The van der Waals surface area contributed by atoms with E-state index in [9.17, 15) is 4.79 Å². The summed E-state index contributed by atoms with van der Waals surface area (Å²) in [5, 5.41) is 9.92. The van der Waals surface area contributed by atoms with Gasteiger partial charge in [0.2, 0.25) is 5.91 Å². The van der Waals surface area contributed by atoms with E-state index >= 15 is 0 Å². The molecule has 33 heavy (non-hydrogen) atoms. The third kappa shape index (κ3) is 6.24. The molecule has 1 saturated heterocycles. The van der Waals surface area contributed by atoms with Gasteiger partial charge in [-0.3, -0.25) is 9.36 Å². The molecule has 1 aromatic heterocycles. The Bertz CT molecular complexity index is 1030. The summed E-state index contributed by atoms with van der Waals surface area (Å²) in [6.07, 6.45) is 2.16. The van der Waals surface area contributed by atoms with Crippen molar-refractivity contribution in [2.24, 2.45) is 0 Å². The standard InChI is InChI=1S/C26H33N5OS/c1-3-29-15-17-30(18-16-29)25(32)10-7-19-33-26-28-27-24(20-22-8-5-4-6-9-22)31(26)23-13-11-21(2)12-14-23/h4-6,8-9,11-14H,3,7,10,15-20H2,1-2H3. The first-order valence-corrected chi connectivity index (χ1v) is 12.8. The van der Waals surface area contributed by atoms with Crippen LogP contribution in [0.5, 0.6) is 0 Å². The molecule has 1 aliphatic heterocycles. The Labute approximate surface area is 201 Å². The van der Waals surface area contributed by atoms with E-state index in [1.54, 1.807) is 11.8 Å². The molecule has 0 unspecified atom stereocenters. The fraction of sp³-hybridized carbons (Fsp3) is 0.423. The summed E-state index contributed by atoms with van der Waals surface area (Å²) >= 11 is 1.68. The largest absolute Gasteiger partial charge is 0.340 e. The van der Waals surface area contributed by atoms with Crippen molar-refractivity contribution in [3.8, 4) is 5.69 Å². The molecule has 6 nitrogen and oxygen atoms in total. The van der Waals surface area contributed by atoms with Crippen LogP contribution in [0.3, 0.4) is 0 Å². The van der Waals surface area contributed by atoms with E-state index in [2.05, 4.69) is 82.0 Å². The number of piperazine rings is 1. The minimum Gasteiger partial charge on any atom is -0.340 e. The number of aromatic nitrogens is 3. The molecule has 0 radical (unpaired) electrons. The van der Waals surface area contributed by atoms with Crippen molar-refractivity contribution in [2.75, 3.05) is 38.5 Å². The van der Waals surface area contributed by atoms with Gasteiger partial charge in [-0.15, -0.1) is 10.2 Å². The maximum atomic E-state index is 12.6. The van der Waals surface area contributed by atoms with Crippen molar-refractivity contribution in [3.63, 3.8) is 0 Å². The van der Waals surface area contributed by atoms with Crippen LogP contribution < -0.4 is 0 Å². The number of hydrogen-bond acceptors (Lipinski definition) is 5. The Hall–Kier alpha value is -2.64. The average molecular weight is 464 g/mol. The molecule has 1 aliphatic rings. The van der Waals surface area contributed by atoms with Gasteiger partial charge in [0.25, 0.3) is 0 Å². The second-order valence-corrected chi connectivity index (χ2v) is 9.56. The van der Waals surface area contributed by atoms with Gasteiger partial charge in [-0.25, -0.2) is 0 Å². The van der Waals surface area contributed by atoms with Gasteiger partial charge in [0, 0.05) is 50.5 Å². The van der Waals surface area contributed by atoms with Gasteiger partial charge in [-0.2, -0.15) is 0 Å². The van der Waals surface area contributed by atoms with E-state index < -0.39 is 0 Å². The van der Waals surface area contributed by atoms with Gasteiger partial charge in [-0.05, 0) is 37.6 Å². The molecule has 7 heteroatoms. The Balaban J connectivity index is 1.39. The van der Waals surface area contributed by atoms with Gasteiger partial charge >= 0.3 is 0 Å². The highest BCUT2D eigenvalue weighted by molar-refractivity contribution is 7.99. The Morgan fingerprint density at radius 3 is 2.39 bits per heavy atom. The van der Waals surface area contributed by atoms with Gasteiger partial charge in [-0.1, -0.05) is 66.7 Å². The van der Waals surface area contributed by atoms with Crippen molar-refractivity contribution in [1.29, 1.82) is 0 Å². The Morgan fingerprint density at radius 1 is 0.970 bits per heavy atom. The summed E-state index contributed by atoms with van der Waals surface area (Å²) in [6, 6.07) is 18.8. The van der Waals surface area contributed by atoms with Crippen LogP contribution in [-0.2, 0) is 11.2 Å². The number of thioether (sulfide) groups is 1. The molecular formula is C26H33N5OS. The highest BCUT2D eigenvalue weighted by atomic mass is 32.2. The second kappa shape index (κ2) is 11.5. The summed E-state index contributed by atoms with van der Waals surface area (Å²) in [6.45, 7) is 9.01. The minimum absolute atomic E-state index is 0.274. The lowest BCUT2D eigenvalue weighted by atomic mass is 10.1. The maximum Gasteiger partial charge on any atom is 0.222 e. The lowest BCUT2D eigenvalue weighted by molar-refractivity contribution is -0.132. The number of aryl methyl sites for hydroxylation is 1. The van der Waals surface area contributed by atoms with Gasteiger partial charge in [0.05, 0.1) is 0 Å². The fourth-order valence-corrected chi connectivity index (χ4v) is 5.01. The van der Waals surface area contributed by atoms with Crippen LogP contribution in [0, 0.1) is 6.92 Å². The normalized spacial score (nSPS) is 14.5. The summed E-state index contributed by atoms with van der Waals surface area (Å²) in [4.78, 5) is 17.0. The first-order valence-electron chi connectivity index (χ1n) is 11.8. The molecular weight excluding hydrogens is 430 g/mol. The SMILES string of the molecule is CCN1CCN(C(=O)CCCSc2nnc(Cc3ccccc3)n2-c2ccc(C)cc2)CC1. The first kappa shape index (κ1) is 23.5. The van der Waals surface area contributed by atoms with Crippen LogP contribution in [0.15, 0.2) is 59.8 Å². The Kier molecular flexibility index (Phi) is 8.18. The fourth-order valence-electron chi connectivity index (χ4n) is 4.10. The van der Waals surface area contributed by atoms with E-state index in [1.165, 1.54) is 11.1 Å². The maximum absolute atomic E-state index is 12.6. The van der Waals surface area contributed by atoms with Crippen molar-refractivity contribution in [2.45, 2.75) is 38.3 Å². The van der Waals surface area contributed by atoms with Crippen LogP contribution in [0.1, 0.15) is 36.7 Å². The molecule has 0 saturated carbocycles. The molecule has 1 fully saturated rings. The average Bonchev–Trinajstić information content (AvgIpc) is 3.25. The number of nitrogens with zero attached hydrogens (tertiary/aromatic N) is 5. The summed E-state index contributed by atoms with van der Waals surface area (Å²) in [5.41, 5.74) is 3.51. The second-order valence-electron chi connectivity index (χ2n) is 8.50. The van der Waals surface area contributed by atoms with Crippen molar-refractivity contribution in [1.82, 2.24) is 24.6 Å². The zero-order valence-corrected chi connectivity index (χ0v) is 20.4. The zero-order valence-electron chi connectivity index (χ0n) is 19.6. The molecule has 0 aliphatic carbocycles. The summed E-state index contributed by atoms with van der Waals surface area (Å²) in [5.74, 6) is 2.05. The first-order chi connectivity index (χ1) is 16.1. The predicted molar refractivity (Wildman–Crippen MR) is 134 cm³/mol. The van der Waals surface area contributed by atoms with E-state index in [4.69, 9.17) is 0 Å². The molecule has 2 aromatic carbocycles. The van der Waals surface area contributed by atoms with E-state index in [0.29, 0.717) is 6.42 Å². The predicted octanol–water partition coefficient (Wildman–Crippen LogP) is 4.20. The van der Waals surface area contributed by atoms with Gasteiger partial charge < -0.3 is 9.80 Å². The molecule has 0 atom stereocenters. The Morgan fingerprint density at radius 2 is 1.70 bits per heavy atom. The van der Waals surface area contributed by atoms with Crippen LogP contribution in [-0.4, -0.2) is 68.9 Å². The molecule has 3 aromatic rings. The topological polar surface area (TPSA) is 54.3 Å². The number of hydrogen-bond donors (Lipinski definition) is 0. The number of carbonyl (C=O) groups excluding carboxylic acids is 1. The van der Waals surface area contributed by atoms with Crippen molar-refractivity contribution >= 4 is 17.7 Å². The van der Waals surface area contributed by atoms with Crippen LogP contribution in [0.4, 0.5) is 0 Å².